The molecule has 1 N–H and O–H groups in total. The van der Waals surface area contributed by atoms with Crippen LogP contribution in [0.25, 0.3) is 0 Å². The maximum Gasteiger partial charge on any atom is 0.252 e. The summed E-state index contributed by atoms with van der Waals surface area (Å²) >= 11 is 5.93. The van der Waals surface area contributed by atoms with E-state index in [0.29, 0.717) is 23.0 Å². The van der Waals surface area contributed by atoms with E-state index in [0.717, 1.165) is 6.42 Å². The molecule has 1 aromatic heterocycles. The molecule has 0 spiro atoms. The van der Waals surface area contributed by atoms with E-state index in [9.17, 15) is 4.79 Å². The van der Waals surface area contributed by atoms with Gasteiger partial charge in [0.15, 0.2) is 0 Å². The summed E-state index contributed by atoms with van der Waals surface area (Å²) in [6, 6.07) is 11.9. The Kier molecular flexibility index (Phi) is 5.13. The van der Waals surface area contributed by atoms with Crippen LogP contribution in [-0.2, 0) is 0 Å². The van der Waals surface area contributed by atoms with Crippen LogP contribution in [0.1, 0.15) is 35.2 Å². The van der Waals surface area contributed by atoms with E-state index in [1.807, 2.05) is 18.2 Å². The molecule has 0 aliphatic carbocycles. The SMILES string of the molecule is CC(CCNC(=O)c1ccncc1Cl)c1ccccc1. The van der Waals surface area contributed by atoms with Crippen molar-refractivity contribution in [1.29, 1.82) is 0 Å². The van der Waals surface area contributed by atoms with Gasteiger partial charge in [-0.15, -0.1) is 0 Å². The quantitative estimate of drug-likeness (QED) is 0.912. The Bertz CT molecular complexity index is 572. The van der Waals surface area contributed by atoms with Gasteiger partial charge in [-0.3, -0.25) is 9.78 Å². The van der Waals surface area contributed by atoms with E-state index in [1.165, 1.54) is 11.8 Å². The van der Waals surface area contributed by atoms with Crippen LogP contribution >= 0.6 is 11.6 Å². The minimum atomic E-state index is -0.155. The normalized spacial score (nSPS) is 11.9. The number of amides is 1. The van der Waals surface area contributed by atoms with E-state index in [4.69, 9.17) is 11.6 Å². The Labute approximate surface area is 124 Å². The standard InChI is InChI=1S/C16H17ClN2O/c1-12(13-5-3-2-4-6-13)7-10-19-16(20)14-8-9-18-11-15(14)17/h2-6,8-9,11-12H,7,10H2,1H3,(H,19,20). The maximum absolute atomic E-state index is 12.0. The number of benzene rings is 1. The second-order valence-electron chi connectivity index (χ2n) is 4.71. The zero-order valence-electron chi connectivity index (χ0n) is 11.3. The predicted octanol–water partition coefficient (Wildman–Crippen LogP) is 3.66. The van der Waals surface area contributed by atoms with Crippen LogP contribution in [0.5, 0.6) is 0 Å². The number of nitrogens with one attached hydrogen (secondary N) is 1. The molecule has 20 heavy (non-hydrogen) atoms. The van der Waals surface area contributed by atoms with Crippen LogP contribution < -0.4 is 5.32 Å². The molecule has 1 unspecified atom stereocenters. The fourth-order valence-corrected chi connectivity index (χ4v) is 2.21. The molecule has 1 aromatic carbocycles. The third-order valence-electron chi connectivity index (χ3n) is 3.25. The van der Waals surface area contributed by atoms with Gasteiger partial charge in [0, 0.05) is 18.9 Å². The zero-order valence-corrected chi connectivity index (χ0v) is 12.1. The lowest BCUT2D eigenvalue weighted by Gasteiger charge is -2.12. The van der Waals surface area contributed by atoms with E-state index >= 15 is 0 Å². The minimum Gasteiger partial charge on any atom is -0.352 e. The molecule has 1 amide bonds. The van der Waals surface area contributed by atoms with E-state index in [-0.39, 0.29) is 5.91 Å². The summed E-state index contributed by atoms with van der Waals surface area (Å²) in [6.45, 7) is 2.77. The average Bonchev–Trinajstić information content (AvgIpc) is 2.48. The number of halogens is 1. The topological polar surface area (TPSA) is 42.0 Å². The summed E-state index contributed by atoms with van der Waals surface area (Å²) in [5, 5.41) is 3.27. The van der Waals surface area contributed by atoms with E-state index in [2.05, 4.69) is 29.4 Å². The molecule has 0 aliphatic rings. The first-order chi connectivity index (χ1) is 9.68. The maximum atomic E-state index is 12.0. The Hall–Kier alpha value is -1.87. The zero-order chi connectivity index (χ0) is 14.4. The summed E-state index contributed by atoms with van der Waals surface area (Å²) in [6.07, 6.45) is 3.93. The van der Waals surface area contributed by atoms with Gasteiger partial charge in [0.05, 0.1) is 10.6 Å². The van der Waals surface area contributed by atoms with Gasteiger partial charge in [-0.1, -0.05) is 48.9 Å². The highest BCUT2D eigenvalue weighted by Crippen LogP contribution is 2.18. The van der Waals surface area contributed by atoms with Crippen molar-refractivity contribution in [3.63, 3.8) is 0 Å². The van der Waals surface area contributed by atoms with Gasteiger partial charge in [-0.05, 0) is 24.0 Å². The Morgan fingerprint density at radius 2 is 2.05 bits per heavy atom. The first kappa shape index (κ1) is 14.5. The average molecular weight is 289 g/mol. The van der Waals surface area contributed by atoms with Crippen LogP contribution in [0, 0.1) is 0 Å². The molecule has 2 rings (SSSR count). The lowest BCUT2D eigenvalue weighted by atomic mass is 9.98. The van der Waals surface area contributed by atoms with E-state index in [1.54, 1.807) is 12.3 Å². The number of nitrogens with zero attached hydrogens (tertiary/aromatic N) is 1. The second kappa shape index (κ2) is 7.06. The van der Waals surface area contributed by atoms with Crippen molar-refractivity contribution < 1.29 is 4.79 Å². The van der Waals surface area contributed by atoms with Gasteiger partial charge in [0.2, 0.25) is 0 Å². The molecular weight excluding hydrogens is 272 g/mol. The summed E-state index contributed by atoms with van der Waals surface area (Å²) in [4.78, 5) is 15.8. The molecule has 4 heteroatoms. The Balaban J connectivity index is 1.84. The van der Waals surface area contributed by atoms with Crippen LogP contribution in [0.4, 0.5) is 0 Å². The lowest BCUT2D eigenvalue weighted by molar-refractivity contribution is 0.0952. The van der Waals surface area contributed by atoms with Crippen molar-refractivity contribution in [3.05, 3.63) is 64.9 Å². The van der Waals surface area contributed by atoms with Gasteiger partial charge in [-0.2, -0.15) is 0 Å². The molecule has 2 aromatic rings. The number of pyridine rings is 1. The molecule has 0 fully saturated rings. The Morgan fingerprint density at radius 1 is 1.30 bits per heavy atom. The van der Waals surface area contributed by atoms with Crippen LogP contribution in [0.2, 0.25) is 5.02 Å². The first-order valence-electron chi connectivity index (χ1n) is 6.61. The van der Waals surface area contributed by atoms with Crippen molar-refractivity contribution >= 4 is 17.5 Å². The molecule has 0 bridgehead atoms. The monoisotopic (exact) mass is 288 g/mol. The third kappa shape index (κ3) is 3.81. The molecule has 0 aliphatic heterocycles. The van der Waals surface area contributed by atoms with Crippen LogP contribution in [0.15, 0.2) is 48.8 Å². The minimum absolute atomic E-state index is 0.155. The van der Waals surface area contributed by atoms with Crippen LogP contribution in [0.3, 0.4) is 0 Å². The third-order valence-corrected chi connectivity index (χ3v) is 3.55. The van der Waals surface area contributed by atoms with Gasteiger partial charge in [0.1, 0.15) is 0 Å². The van der Waals surface area contributed by atoms with Gasteiger partial charge < -0.3 is 5.32 Å². The number of hydrogen-bond acceptors (Lipinski definition) is 2. The summed E-state index contributed by atoms with van der Waals surface area (Å²) in [7, 11) is 0. The molecule has 0 saturated heterocycles. The van der Waals surface area contributed by atoms with Crippen molar-refractivity contribution in [2.24, 2.45) is 0 Å². The first-order valence-corrected chi connectivity index (χ1v) is 6.99. The highest BCUT2D eigenvalue weighted by molar-refractivity contribution is 6.33. The largest absolute Gasteiger partial charge is 0.352 e. The van der Waals surface area contributed by atoms with Gasteiger partial charge in [-0.25, -0.2) is 0 Å². The number of carbonyl (C=O) groups excluding carboxylic acids is 1. The number of aromatic nitrogens is 1. The Morgan fingerprint density at radius 3 is 2.75 bits per heavy atom. The molecule has 0 saturated carbocycles. The van der Waals surface area contributed by atoms with Gasteiger partial charge in [0.25, 0.3) is 5.91 Å². The molecule has 3 nitrogen and oxygen atoms in total. The summed E-state index contributed by atoms with van der Waals surface area (Å²) in [5.74, 6) is 0.252. The summed E-state index contributed by atoms with van der Waals surface area (Å²) in [5.41, 5.74) is 1.75. The summed E-state index contributed by atoms with van der Waals surface area (Å²) < 4.78 is 0. The lowest BCUT2D eigenvalue weighted by Crippen LogP contribution is -2.25. The number of carbonyl (C=O) groups is 1. The smallest absolute Gasteiger partial charge is 0.252 e. The van der Waals surface area contributed by atoms with E-state index < -0.39 is 0 Å². The molecule has 1 atom stereocenters. The fraction of sp³-hybridized carbons (Fsp3) is 0.250. The highest BCUT2D eigenvalue weighted by atomic mass is 35.5. The molecular formula is C16H17ClN2O. The second-order valence-corrected chi connectivity index (χ2v) is 5.12. The number of rotatable bonds is 5. The van der Waals surface area contributed by atoms with Crippen molar-refractivity contribution in [2.45, 2.75) is 19.3 Å². The fourth-order valence-electron chi connectivity index (χ4n) is 2.01. The number of hydrogen-bond donors (Lipinski definition) is 1. The predicted molar refractivity (Wildman–Crippen MR) is 81.1 cm³/mol. The highest BCUT2D eigenvalue weighted by Gasteiger charge is 2.10. The van der Waals surface area contributed by atoms with Gasteiger partial charge >= 0.3 is 0 Å². The van der Waals surface area contributed by atoms with Crippen molar-refractivity contribution in [3.8, 4) is 0 Å². The van der Waals surface area contributed by atoms with Crippen molar-refractivity contribution in [2.75, 3.05) is 6.54 Å². The molecule has 104 valence electrons. The van der Waals surface area contributed by atoms with Crippen LogP contribution in [-0.4, -0.2) is 17.4 Å². The molecule has 0 radical (unpaired) electrons. The van der Waals surface area contributed by atoms with Crippen molar-refractivity contribution in [1.82, 2.24) is 10.3 Å². The molecule has 1 heterocycles.